The van der Waals surface area contributed by atoms with Crippen LogP contribution in [0.1, 0.15) is 5.56 Å². The number of aromatic nitrogens is 1. The van der Waals surface area contributed by atoms with E-state index in [1.54, 1.807) is 54.7 Å². The van der Waals surface area contributed by atoms with E-state index < -0.39 is 16.0 Å². The van der Waals surface area contributed by atoms with Gasteiger partial charge in [0.25, 0.3) is 10.0 Å². The second-order valence-corrected chi connectivity index (χ2v) is 6.88. The number of anilines is 1. The Kier molecular flexibility index (Phi) is 4.49. The molecule has 0 radical (unpaired) electrons. The van der Waals surface area contributed by atoms with Crippen LogP contribution in [-0.2, 0) is 14.8 Å². The molecule has 2 aromatic carbocycles. The van der Waals surface area contributed by atoms with Crippen LogP contribution in [0.25, 0.3) is 17.0 Å². The maximum atomic E-state index is 12.7. The Bertz CT molecular complexity index is 1070. The highest BCUT2D eigenvalue weighted by Gasteiger charge is 2.18. The predicted molar refractivity (Wildman–Crippen MR) is 95.7 cm³/mol. The molecular formula is C18H14N2O4S. The molecule has 0 aliphatic heterocycles. The number of carboxylic acids is 1. The summed E-state index contributed by atoms with van der Waals surface area (Å²) in [6.45, 7) is 0. The van der Waals surface area contributed by atoms with Crippen LogP contribution in [0.3, 0.4) is 0 Å². The van der Waals surface area contributed by atoms with Gasteiger partial charge in [0.05, 0.1) is 5.52 Å². The minimum absolute atomic E-state index is 0.0806. The Labute approximate surface area is 144 Å². The van der Waals surface area contributed by atoms with E-state index in [0.29, 0.717) is 16.8 Å². The van der Waals surface area contributed by atoms with E-state index in [9.17, 15) is 13.2 Å². The van der Waals surface area contributed by atoms with Crippen LogP contribution in [0.4, 0.5) is 5.69 Å². The molecule has 6 nitrogen and oxygen atoms in total. The number of hydrogen-bond donors (Lipinski definition) is 2. The molecule has 0 atom stereocenters. The van der Waals surface area contributed by atoms with Crippen LogP contribution >= 0.6 is 0 Å². The zero-order valence-electron chi connectivity index (χ0n) is 13.0. The van der Waals surface area contributed by atoms with E-state index in [1.165, 1.54) is 12.1 Å². The minimum Gasteiger partial charge on any atom is -0.478 e. The molecule has 0 saturated carbocycles. The summed E-state index contributed by atoms with van der Waals surface area (Å²) in [6, 6.07) is 14.9. The van der Waals surface area contributed by atoms with Crippen molar-refractivity contribution in [3.05, 3.63) is 72.4 Å². The highest BCUT2D eigenvalue weighted by Crippen LogP contribution is 2.23. The number of benzene rings is 2. The standard InChI is InChI=1S/C18H14N2O4S/c21-17(22)10-9-13-4-1-7-15(12-13)20-25(23,24)16-8-2-5-14-6-3-11-19-18(14)16/h1-12,20H,(H,21,22)/b10-9+. The van der Waals surface area contributed by atoms with Crippen molar-refractivity contribution in [2.24, 2.45) is 0 Å². The van der Waals surface area contributed by atoms with E-state index in [2.05, 4.69) is 9.71 Å². The summed E-state index contributed by atoms with van der Waals surface area (Å²) < 4.78 is 28.0. The Morgan fingerprint density at radius 1 is 1.08 bits per heavy atom. The van der Waals surface area contributed by atoms with E-state index in [1.807, 2.05) is 0 Å². The molecule has 0 spiro atoms. The van der Waals surface area contributed by atoms with Crippen molar-refractivity contribution in [2.75, 3.05) is 4.72 Å². The third-order valence-electron chi connectivity index (χ3n) is 3.44. The smallest absolute Gasteiger partial charge is 0.328 e. The number of carbonyl (C=O) groups is 1. The Morgan fingerprint density at radius 3 is 2.64 bits per heavy atom. The molecule has 1 heterocycles. The highest BCUT2D eigenvalue weighted by molar-refractivity contribution is 7.93. The van der Waals surface area contributed by atoms with Crippen LogP contribution < -0.4 is 4.72 Å². The zero-order chi connectivity index (χ0) is 17.9. The quantitative estimate of drug-likeness (QED) is 0.686. The lowest BCUT2D eigenvalue weighted by molar-refractivity contribution is -0.131. The van der Waals surface area contributed by atoms with E-state index >= 15 is 0 Å². The molecule has 3 aromatic rings. The fourth-order valence-corrected chi connectivity index (χ4v) is 3.61. The Balaban J connectivity index is 1.96. The van der Waals surface area contributed by atoms with Crippen molar-refractivity contribution in [1.82, 2.24) is 4.98 Å². The third-order valence-corrected chi connectivity index (χ3v) is 4.86. The van der Waals surface area contributed by atoms with Gasteiger partial charge in [-0.15, -0.1) is 0 Å². The average Bonchev–Trinajstić information content (AvgIpc) is 2.59. The molecule has 0 fully saturated rings. The van der Waals surface area contributed by atoms with Crippen molar-refractivity contribution in [1.29, 1.82) is 0 Å². The van der Waals surface area contributed by atoms with E-state index in [4.69, 9.17) is 5.11 Å². The van der Waals surface area contributed by atoms with Gasteiger partial charge in [-0.05, 0) is 35.9 Å². The first-order valence-corrected chi connectivity index (χ1v) is 8.82. The lowest BCUT2D eigenvalue weighted by Gasteiger charge is -2.10. The molecule has 0 amide bonds. The predicted octanol–water partition coefficient (Wildman–Crippen LogP) is 3.13. The van der Waals surface area contributed by atoms with E-state index in [-0.39, 0.29) is 4.90 Å². The van der Waals surface area contributed by atoms with Gasteiger partial charge in [-0.3, -0.25) is 9.71 Å². The summed E-state index contributed by atoms with van der Waals surface area (Å²) in [5, 5.41) is 9.40. The number of nitrogens with zero attached hydrogens (tertiary/aromatic N) is 1. The molecule has 3 rings (SSSR count). The van der Waals surface area contributed by atoms with Gasteiger partial charge in [0.2, 0.25) is 0 Å². The average molecular weight is 354 g/mol. The van der Waals surface area contributed by atoms with Gasteiger partial charge in [0.1, 0.15) is 4.90 Å². The fraction of sp³-hybridized carbons (Fsp3) is 0. The number of para-hydroxylation sites is 1. The van der Waals surface area contributed by atoms with Crippen LogP contribution in [0.2, 0.25) is 0 Å². The molecule has 7 heteroatoms. The van der Waals surface area contributed by atoms with Crippen molar-refractivity contribution < 1.29 is 18.3 Å². The number of rotatable bonds is 5. The molecule has 126 valence electrons. The van der Waals surface area contributed by atoms with Crippen LogP contribution in [-0.4, -0.2) is 24.5 Å². The van der Waals surface area contributed by atoms with Gasteiger partial charge in [0, 0.05) is 23.3 Å². The number of nitrogens with one attached hydrogen (secondary N) is 1. The lowest BCUT2D eigenvalue weighted by atomic mass is 10.2. The van der Waals surface area contributed by atoms with E-state index in [0.717, 1.165) is 11.5 Å². The molecular weight excluding hydrogens is 340 g/mol. The maximum absolute atomic E-state index is 12.7. The maximum Gasteiger partial charge on any atom is 0.328 e. The zero-order valence-corrected chi connectivity index (χ0v) is 13.8. The largest absolute Gasteiger partial charge is 0.478 e. The number of aliphatic carboxylic acids is 1. The van der Waals surface area contributed by atoms with Gasteiger partial charge >= 0.3 is 5.97 Å². The first-order valence-electron chi connectivity index (χ1n) is 7.33. The number of fused-ring (bicyclic) bond motifs is 1. The summed E-state index contributed by atoms with van der Waals surface area (Å²) in [4.78, 5) is 14.8. The summed E-state index contributed by atoms with van der Waals surface area (Å²) in [5.74, 6) is -1.08. The SMILES string of the molecule is O=C(O)/C=C/c1cccc(NS(=O)(=O)c2cccc3cccnc23)c1. The first kappa shape index (κ1) is 16.7. The van der Waals surface area contributed by atoms with Crippen molar-refractivity contribution in [2.45, 2.75) is 4.90 Å². The fourth-order valence-electron chi connectivity index (χ4n) is 2.38. The molecule has 1 aromatic heterocycles. The first-order chi connectivity index (χ1) is 12.0. The summed E-state index contributed by atoms with van der Waals surface area (Å²) >= 11 is 0. The molecule has 0 aliphatic carbocycles. The van der Waals surface area contributed by atoms with Crippen LogP contribution in [0, 0.1) is 0 Å². The van der Waals surface area contributed by atoms with Gasteiger partial charge in [-0.1, -0.05) is 30.3 Å². The number of pyridine rings is 1. The van der Waals surface area contributed by atoms with Crippen LogP contribution in [0.15, 0.2) is 71.8 Å². The topological polar surface area (TPSA) is 96.4 Å². The Hall–Kier alpha value is -3.19. The number of hydrogen-bond acceptors (Lipinski definition) is 4. The van der Waals surface area contributed by atoms with Gasteiger partial charge in [-0.2, -0.15) is 0 Å². The molecule has 2 N–H and O–H groups in total. The number of carboxylic acid groups (broad SMARTS) is 1. The minimum atomic E-state index is -3.84. The molecule has 0 aliphatic rings. The number of sulfonamides is 1. The van der Waals surface area contributed by atoms with Crippen molar-refractivity contribution in [3.63, 3.8) is 0 Å². The summed E-state index contributed by atoms with van der Waals surface area (Å²) in [7, 11) is -3.84. The molecule has 0 saturated heterocycles. The van der Waals surface area contributed by atoms with Gasteiger partial charge in [0.15, 0.2) is 0 Å². The molecule has 0 unspecified atom stereocenters. The highest BCUT2D eigenvalue weighted by atomic mass is 32.2. The van der Waals surface area contributed by atoms with Crippen molar-refractivity contribution in [3.8, 4) is 0 Å². The van der Waals surface area contributed by atoms with Gasteiger partial charge in [-0.25, -0.2) is 13.2 Å². The second-order valence-electron chi connectivity index (χ2n) is 5.23. The lowest BCUT2D eigenvalue weighted by Crippen LogP contribution is -2.13. The van der Waals surface area contributed by atoms with Crippen molar-refractivity contribution >= 4 is 38.7 Å². The second kappa shape index (κ2) is 6.74. The normalized spacial score (nSPS) is 11.7. The third kappa shape index (κ3) is 3.84. The monoisotopic (exact) mass is 354 g/mol. The van der Waals surface area contributed by atoms with Gasteiger partial charge < -0.3 is 5.11 Å². The summed E-state index contributed by atoms with van der Waals surface area (Å²) in [6.07, 6.45) is 3.92. The summed E-state index contributed by atoms with van der Waals surface area (Å²) in [5.41, 5.74) is 1.29. The molecule has 0 bridgehead atoms. The Morgan fingerprint density at radius 2 is 1.84 bits per heavy atom. The van der Waals surface area contributed by atoms with Crippen LogP contribution in [0.5, 0.6) is 0 Å². The molecule has 25 heavy (non-hydrogen) atoms.